The fraction of sp³-hybridized carbons (Fsp3) is 1.00. The molecule has 0 aliphatic rings. The van der Waals surface area contributed by atoms with Crippen LogP contribution < -0.4 is 296 Å². The molecule has 0 saturated heterocycles. The van der Waals surface area contributed by atoms with E-state index in [1.54, 1.807) is 0 Å². The molecule has 0 unspecified atom stereocenters. The van der Waals surface area contributed by atoms with Crippen molar-refractivity contribution >= 4 is 0 Å². The monoisotopic (exact) mass is 656 g/mol. The average molecular weight is 656 g/mol. The molecule has 0 atom stereocenters. The van der Waals surface area contributed by atoms with E-state index in [4.69, 9.17) is 20.4 Å². The van der Waals surface area contributed by atoms with Crippen LogP contribution in [-0.2, 0) is 0 Å². The van der Waals surface area contributed by atoms with Gasteiger partial charge in [-0.1, -0.05) is 0 Å². The van der Waals surface area contributed by atoms with Crippen LogP contribution in [0.1, 0.15) is 0 Å². The molecule has 0 heterocycles. The quantitative estimate of drug-likeness (QED) is 0.260. The smallest absolute Gasteiger partial charge is 0.857 e. The number of hydrogen-bond acceptors (Lipinski definition) is 4. The molecule has 0 spiro atoms. The largest absolute Gasteiger partial charge is 1.00 e. The third-order valence-electron chi connectivity index (χ3n) is 0. The molecule has 56 valence electrons. The Labute approximate surface area is 311 Å². The van der Waals surface area contributed by atoms with E-state index >= 15 is 0 Å². The summed E-state index contributed by atoms with van der Waals surface area (Å²) in [6, 6.07) is 0. The summed E-state index contributed by atoms with van der Waals surface area (Å²) in [4.78, 5) is 0. The third kappa shape index (κ3) is 81.0. The van der Waals surface area contributed by atoms with E-state index in [9.17, 15) is 0 Å². The van der Waals surface area contributed by atoms with E-state index in [-0.39, 0.29) is 276 Å². The first kappa shape index (κ1) is 50.1. The minimum Gasteiger partial charge on any atom is -0.857 e. The summed E-state index contributed by atoms with van der Waals surface area (Å²) in [5.74, 6) is 0. The fourth-order valence-corrected chi connectivity index (χ4v) is 0. The van der Waals surface area contributed by atoms with Gasteiger partial charge in [-0.25, -0.2) is 0 Å². The molecule has 0 radical (unpaired) electrons. The third-order valence-corrected chi connectivity index (χ3v) is 0. The van der Waals surface area contributed by atoms with Crippen molar-refractivity contribution in [2.75, 3.05) is 28.4 Å². The molecule has 0 rings (SSSR count). The van der Waals surface area contributed by atoms with Crippen molar-refractivity contribution in [1.82, 2.24) is 0 Å². The number of hydrogen-bond donors (Lipinski definition) is 0. The summed E-state index contributed by atoms with van der Waals surface area (Å²) in [5.41, 5.74) is 0. The first-order chi connectivity index (χ1) is 4.00. The normalized spacial score (nSPS) is 2.00. The Morgan fingerprint density at radius 3 is 0.333 bits per heavy atom. The summed E-state index contributed by atoms with van der Waals surface area (Å²) < 4.78 is 0. The molecule has 0 amide bonds. The molecule has 0 aromatic heterocycles. The second-order valence-corrected chi connectivity index (χ2v) is 0. The van der Waals surface area contributed by atoms with Crippen molar-refractivity contribution in [1.29, 1.82) is 0 Å². The van der Waals surface area contributed by atoms with Gasteiger partial charge in [-0.05, 0) is 0 Å². The predicted octanol–water partition coefficient (Wildman–Crippen LogP) is -16.1. The molecule has 0 saturated carbocycles. The van der Waals surface area contributed by atoms with E-state index in [0.29, 0.717) is 0 Å². The minimum atomic E-state index is 0. The SMILES string of the molecule is C[O-].C[O-].C[O-].C[O-].[Cs+].[Cs+].[Cs+].[Cs+]. The Bertz CT molecular complexity index is 19.0. The average Bonchev–Trinajstić information content (AvgIpc) is 2.03. The van der Waals surface area contributed by atoms with Crippen LogP contribution >= 0.6 is 0 Å². The predicted molar refractivity (Wildman–Crippen MR) is 23.7 cm³/mol. The van der Waals surface area contributed by atoms with Gasteiger partial charge in [0.1, 0.15) is 0 Å². The molecule has 0 aromatic carbocycles. The Morgan fingerprint density at radius 1 is 0.333 bits per heavy atom. The Morgan fingerprint density at radius 2 is 0.333 bits per heavy atom. The van der Waals surface area contributed by atoms with Crippen molar-refractivity contribution in [3.8, 4) is 0 Å². The van der Waals surface area contributed by atoms with Gasteiger partial charge in [0.25, 0.3) is 0 Å². The molecule has 0 fully saturated rings. The van der Waals surface area contributed by atoms with E-state index in [1.807, 2.05) is 0 Å². The van der Waals surface area contributed by atoms with E-state index < -0.39 is 0 Å². The van der Waals surface area contributed by atoms with Gasteiger partial charge in [0.15, 0.2) is 0 Å². The van der Waals surface area contributed by atoms with Crippen molar-refractivity contribution in [3.05, 3.63) is 0 Å². The summed E-state index contributed by atoms with van der Waals surface area (Å²) in [6.45, 7) is 0. The van der Waals surface area contributed by atoms with Crippen LogP contribution in [0.3, 0.4) is 0 Å². The van der Waals surface area contributed by atoms with Gasteiger partial charge in [0.2, 0.25) is 0 Å². The summed E-state index contributed by atoms with van der Waals surface area (Å²) >= 11 is 0. The van der Waals surface area contributed by atoms with Crippen molar-refractivity contribution in [2.24, 2.45) is 0 Å². The Balaban J connectivity index is -0.00000000267. The van der Waals surface area contributed by atoms with Gasteiger partial charge < -0.3 is 20.4 Å². The van der Waals surface area contributed by atoms with Crippen LogP contribution in [0.5, 0.6) is 0 Å². The fourth-order valence-electron chi connectivity index (χ4n) is 0. The van der Waals surface area contributed by atoms with Crippen LogP contribution in [0.25, 0.3) is 0 Å². The van der Waals surface area contributed by atoms with Gasteiger partial charge in [-0.3, -0.25) is 0 Å². The van der Waals surface area contributed by atoms with Gasteiger partial charge in [-0.2, -0.15) is 28.4 Å². The molecule has 0 N–H and O–H groups in total. The second-order valence-electron chi connectivity index (χ2n) is 0. The second kappa shape index (κ2) is 95.8. The van der Waals surface area contributed by atoms with Crippen LogP contribution in [0.4, 0.5) is 0 Å². The maximum absolute atomic E-state index is 8.25. The molecule has 0 aromatic rings. The zero-order chi connectivity index (χ0) is 8.00. The summed E-state index contributed by atoms with van der Waals surface area (Å²) in [6.07, 6.45) is 0. The van der Waals surface area contributed by atoms with Crippen molar-refractivity contribution in [2.45, 2.75) is 0 Å². The molecular formula is C4H12Cs4O4. The van der Waals surface area contributed by atoms with Gasteiger partial charge in [0.05, 0.1) is 0 Å². The molecular weight excluding hydrogens is 644 g/mol. The zero-order valence-corrected chi connectivity index (χ0v) is 34.8. The summed E-state index contributed by atoms with van der Waals surface area (Å²) in [5, 5.41) is 33.0. The maximum Gasteiger partial charge on any atom is 1.00 e. The van der Waals surface area contributed by atoms with E-state index in [0.717, 1.165) is 28.4 Å². The standard InChI is InChI=1S/4CH3O.4Cs/c4*1-2;;;;/h4*1H3;;;;/q4*-1;4*+1. The molecule has 0 aliphatic heterocycles. The van der Waals surface area contributed by atoms with Crippen LogP contribution in [-0.4, -0.2) is 28.4 Å². The maximum atomic E-state index is 8.25. The van der Waals surface area contributed by atoms with Crippen molar-refractivity contribution in [3.63, 3.8) is 0 Å². The Hall–Kier alpha value is 8.05. The molecule has 4 nitrogen and oxygen atoms in total. The molecule has 0 aliphatic carbocycles. The minimum absolute atomic E-state index is 0. The van der Waals surface area contributed by atoms with Crippen LogP contribution in [0.2, 0.25) is 0 Å². The van der Waals surface area contributed by atoms with Gasteiger partial charge in [-0.15, -0.1) is 0 Å². The van der Waals surface area contributed by atoms with Crippen LogP contribution in [0, 0.1) is 0 Å². The first-order valence-corrected chi connectivity index (χ1v) is 1.63. The van der Waals surface area contributed by atoms with Crippen molar-refractivity contribution < 1.29 is 296 Å². The van der Waals surface area contributed by atoms with Crippen LogP contribution in [0.15, 0.2) is 0 Å². The number of rotatable bonds is 0. The zero-order valence-electron chi connectivity index (χ0n) is 9.63. The molecule has 8 heteroatoms. The van der Waals surface area contributed by atoms with E-state index in [1.165, 1.54) is 0 Å². The first-order valence-electron chi connectivity index (χ1n) is 1.63. The van der Waals surface area contributed by atoms with E-state index in [2.05, 4.69) is 0 Å². The Kier molecular flexibility index (Phi) is 400. The van der Waals surface area contributed by atoms with Gasteiger partial charge >= 0.3 is 276 Å². The molecule has 0 bridgehead atoms. The topological polar surface area (TPSA) is 92.2 Å². The van der Waals surface area contributed by atoms with Gasteiger partial charge in [0, 0.05) is 0 Å². The summed E-state index contributed by atoms with van der Waals surface area (Å²) in [7, 11) is 3.00. The molecule has 12 heavy (non-hydrogen) atoms.